The van der Waals surface area contributed by atoms with Gasteiger partial charge in [-0.3, -0.25) is 4.79 Å². The number of hydrogen-bond donors (Lipinski definition) is 1. The van der Waals surface area contributed by atoms with Gasteiger partial charge in [-0.1, -0.05) is 12.1 Å². The molecule has 5 rings (SSSR count). The molecule has 27 heavy (non-hydrogen) atoms. The van der Waals surface area contributed by atoms with Crippen molar-refractivity contribution in [1.82, 2.24) is 5.32 Å². The highest BCUT2D eigenvalue weighted by Crippen LogP contribution is 2.41. The number of benzene rings is 2. The molecule has 144 valence electrons. The van der Waals surface area contributed by atoms with Crippen LogP contribution in [0.4, 0.5) is 11.4 Å². The zero-order valence-corrected chi connectivity index (χ0v) is 17.2. The largest absolute Gasteiger partial charge is 0.378 e. The number of nitrogens with zero attached hydrogens (tertiary/aromatic N) is 2. The fraction of sp³-hybridized carbons (Fsp3) is 0.381. The van der Waals surface area contributed by atoms with Crippen LogP contribution in [-0.4, -0.2) is 46.1 Å². The number of nitrogens with one attached hydrogen (secondary N) is 1. The van der Waals surface area contributed by atoms with Crippen LogP contribution in [0.3, 0.4) is 0 Å². The summed E-state index contributed by atoms with van der Waals surface area (Å²) >= 11 is 0. The number of fused-ring (bicyclic) bond motifs is 4. The zero-order chi connectivity index (χ0) is 17.1. The van der Waals surface area contributed by atoms with Crippen LogP contribution in [0.2, 0.25) is 0 Å². The van der Waals surface area contributed by atoms with Crippen molar-refractivity contribution in [3.63, 3.8) is 0 Å². The zero-order valence-electron chi connectivity index (χ0n) is 15.6. The van der Waals surface area contributed by atoms with Crippen LogP contribution in [0.15, 0.2) is 36.4 Å². The van der Waals surface area contributed by atoms with Gasteiger partial charge in [0.05, 0.1) is 0 Å². The minimum absolute atomic E-state index is 0. The fourth-order valence-corrected chi connectivity index (χ4v) is 4.60. The van der Waals surface area contributed by atoms with E-state index in [1.807, 2.05) is 25.1 Å². The molecule has 3 aliphatic rings. The average molecular weight is 406 g/mol. The summed E-state index contributed by atoms with van der Waals surface area (Å²) in [5.74, 6) is 1.67. The predicted molar refractivity (Wildman–Crippen MR) is 116 cm³/mol. The van der Waals surface area contributed by atoms with Gasteiger partial charge in [0.15, 0.2) is 5.78 Å². The highest BCUT2D eigenvalue weighted by atomic mass is 35.5. The van der Waals surface area contributed by atoms with E-state index in [1.54, 1.807) is 0 Å². The smallest absolute Gasteiger partial charge is 0.194 e. The molecule has 4 nitrogen and oxygen atoms in total. The molecule has 2 aliphatic heterocycles. The van der Waals surface area contributed by atoms with Gasteiger partial charge in [-0.2, -0.15) is 0 Å². The van der Waals surface area contributed by atoms with Crippen molar-refractivity contribution in [3.05, 3.63) is 47.5 Å². The Hall–Kier alpha value is -1.75. The first-order valence-electron chi connectivity index (χ1n) is 9.08. The summed E-state index contributed by atoms with van der Waals surface area (Å²) in [6.45, 7) is 4.46. The van der Waals surface area contributed by atoms with E-state index in [0.717, 1.165) is 66.0 Å². The van der Waals surface area contributed by atoms with Crippen molar-refractivity contribution in [2.24, 2.45) is 11.8 Å². The van der Waals surface area contributed by atoms with Crippen LogP contribution >= 0.6 is 24.8 Å². The number of anilines is 2. The molecule has 0 amide bonds. The maximum atomic E-state index is 13.0. The lowest BCUT2D eigenvalue weighted by Gasteiger charge is -2.20. The molecule has 2 atom stereocenters. The molecular weight excluding hydrogens is 381 g/mol. The Balaban J connectivity index is 0.00000105. The molecule has 0 radical (unpaired) electrons. The normalized spacial score (nSPS) is 21.9. The van der Waals surface area contributed by atoms with Gasteiger partial charge < -0.3 is 15.1 Å². The Morgan fingerprint density at radius 3 is 2.11 bits per heavy atom. The quantitative estimate of drug-likeness (QED) is 0.707. The molecule has 0 aromatic heterocycles. The SMILES string of the molecule is CN(C)c1ccc2c(c1)C(=O)c1cc(N3CC4CNCC4C3)ccc1-2.Cl.Cl. The second-order valence-corrected chi connectivity index (χ2v) is 7.77. The summed E-state index contributed by atoms with van der Waals surface area (Å²) < 4.78 is 0. The Labute approximate surface area is 172 Å². The molecule has 1 aliphatic carbocycles. The lowest BCUT2D eigenvalue weighted by atomic mass is 10.0. The van der Waals surface area contributed by atoms with Crippen LogP contribution in [0.1, 0.15) is 15.9 Å². The van der Waals surface area contributed by atoms with Gasteiger partial charge in [-0.15, -0.1) is 24.8 Å². The van der Waals surface area contributed by atoms with E-state index in [0.29, 0.717) is 0 Å². The first kappa shape index (κ1) is 20.0. The van der Waals surface area contributed by atoms with Crippen LogP contribution < -0.4 is 15.1 Å². The van der Waals surface area contributed by atoms with Crippen LogP contribution in [0, 0.1) is 11.8 Å². The monoisotopic (exact) mass is 405 g/mol. The van der Waals surface area contributed by atoms with Gasteiger partial charge in [0.2, 0.25) is 0 Å². The Morgan fingerprint density at radius 2 is 1.48 bits per heavy atom. The van der Waals surface area contributed by atoms with Crippen LogP contribution in [-0.2, 0) is 0 Å². The Morgan fingerprint density at radius 1 is 0.889 bits per heavy atom. The van der Waals surface area contributed by atoms with Gasteiger partial charge in [0.1, 0.15) is 0 Å². The van der Waals surface area contributed by atoms with E-state index >= 15 is 0 Å². The minimum Gasteiger partial charge on any atom is -0.378 e. The molecule has 2 aromatic carbocycles. The van der Waals surface area contributed by atoms with Gasteiger partial charge >= 0.3 is 0 Å². The van der Waals surface area contributed by atoms with E-state index in [2.05, 4.69) is 40.5 Å². The lowest BCUT2D eigenvalue weighted by Crippen LogP contribution is -2.25. The molecule has 2 saturated heterocycles. The molecule has 6 heteroatoms. The summed E-state index contributed by atoms with van der Waals surface area (Å²) in [4.78, 5) is 17.5. The number of ketones is 1. The van der Waals surface area contributed by atoms with E-state index < -0.39 is 0 Å². The first-order chi connectivity index (χ1) is 12.1. The average Bonchev–Trinajstić information content (AvgIpc) is 3.28. The summed E-state index contributed by atoms with van der Waals surface area (Å²) in [5, 5.41) is 3.49. The van der Waals surface area contributed by atoms with E-state index in [1.165, 1.54) is 5.69 Å². The van der Waals surface area contributed by atoms with E-state index in [-0.39, 0.29) is 30.6 Å². The third kappa shape index (κ3) is 3.10. The number of carbonyl (C=O) groups excluding carboxylic acids is 1. The maximum absolute atomic E-state index is 13.0. The maximum Gasteiger partial charge on any atom is 0.194 e. The second kappa shape index (κ2) is 7.34. The minimum atomic E-state index is 0. The van der Waals surface area contributed by atoms with E-state index in [4.69, 9.17) is 0 Å². The number of hydrogen-bond acceptors (Lipinski definition) is 4. The van der Waals surface area contributed by atoms with Crippen molar-refractivity contribution >= 4 is 42.0 Å². The Bertz CT molecular complexity index is 872. The lowest BCUT2D eigenvalue weighted by molar-refractivity contribution is 0.104. The van der Waals surface area contributed by atoms with Crippen molar-refractivity contribution in [2.75, 3.05) is 50.1 Å². The molecule has 2 aromatic rings. The summed E-state index contributed by atoms with van der Waals surface area (Å²) in [7, 11) is 4.01. The number of halogens is 2. The van der Waals surface area contributed by atoms with Crippen LogP contribution in [0.25, 0.3) is 11.1 Å². The van der Waals surface area contributed by atoms with Crippen molar-refractivity contribution in [1.29, 1.82) is 0 Å². The molecule has 0 saturated carbocycles. The van der Waals surface area contributed by atoms with Crippen molar-refractivity contribution in [2.45, 2.75) is 0 Å². The molecule has 2 unspecified atom stereocenters. The van der Waals surface area contributed by atoms with Gasteiger partial charge in [-0.25, -0.2) is 0 Å². The topological polar surface area (TPSA) is 35.6 Å². The molecule has 2 fully saturated rings. The van der Waals surface area contributed by atoms with Crippen molar-refractivity contribution < 1.29 is 4.79 Å². The van der Waals surface area contributed by atoms with Crippen molar-refractivity contribution in [3.8, 4) is 11.1 Å². The highest BCUT2D eigenvalue weighted by Gasteiger charge is 2.37. The molecule has 0 bridgehead atoms. The number of carbonyl (C=O) groups is 1. The van der Waals surface area contributed by atoms with Gasteiger partial charge in [0, 0.05) is 62.8 Å². The highest BCUT2D eigenvalue weighted by molar-refractivity contribution is 6.22. The summed E-state index contributed by atoms with van der Waals surface area (Å²) in [5.41, 5.74) is 6.11. The predicted octanol–water partition coefficient (Wildman–Crippen LogP) is 3.46. The third-order valence-corrected chi connectivity index (χ3v) is 6.06. The Kier molecular flexibility index (Phi) is 5.44. The third-order valence-electron chi connectivity index (χ3n) is 6.06. The molecular formula is C21H25Cl2N3O. The molecule has 2 heterocycles. The first-order valence-corrected chi connectivity index (χ1v) is 9.08. The second-order valence-electron chi connectivity index (χ2n) is 7.77. The van der Waals surface area contributed by atoms with Gasteiger partial charge in [-0.05, 0) is 47.2 Å². The summed E-state index contributed by atoms with van der Waals surface area (Å²) in [6, 6.07) is 12.6. The number of rotatable bonds is 2. The van der Waals surface area contributed by atoms with Crippen LogP contribution in [0.5, 0.6) is 0 Å². The van der Waals surface area contributed by atoms with Gasteiger partial charge in [0.25, 0.3) is 0 Å². The summed E-state index contributed by atoms with van der Waals surface area (Å²) in [6.07, 6.45) is 0. The molecule has 0 spiro atoms. The fourth-order valence-electron chi connectivity index (χ4n) is 4.60. The van der Waals surface area contributed by atoms with E-state index in [9.17, 15) is 4.79 Å². The standard InChI is InChI=1S/C21H23N3O.2ClH/c1-23(2)15-3-5-17-18-6-4-16(8-20(18)21(25)19(17)7-15)24-11-13-9-22-10-14(13)12-24;;/h3-8,13-14,22H,9-12H2,1-2H3;2*1H. The molecule has 1 N–H and O–H groups in total.